The lowest BCUT2D eigenvalue weighted by atomic mass is 9.85. The summed E-state index contributed by atoms with van der Waals surface area (Å²) in [5.74, 6) is 0.298. The number of hydrogen-bond acceptors (Lipinski definition) is 1. The maximum atomic E-state index is 4.48. The van der Waals surface area contributed by atoms with Crippen molar-refractivity contribution in [3.63, 3.8) is 0 Å². The Morgan fingerprint density at radius 3 is 1.77 bits per heavy atom. The molecule has 8 aromatic carbocycles. The summed E-state index contributed by atoms with van der Waals surface area (Å²) >= 11 is 1.90. The van der Waals surface area contributed by atoms with Crippen molar-refractivity contribution in [2.75, 3.05) is 0 Å². The Hall–Kier alpha value is -6.48. The average Bonchev–Trinajstić information content (AvgIpc) is 3.80. The fraction of sp³-hybridized carbons (Fsp3) is 0.0909. The van der Waals surface area contributed by atoms with E-state index in [1.807, 2.05) is 11.3 Å². The summed E-state index contributed by atoms with van der Waals surface area (Å²) in [5.41, 5.74) is 10.1. The lowest BCUT2D eigenvalue weighted by molar-refractivity contribution is 0.762. The van der Waals surface area contributed by atoms with Crippen LogP contribution in [0.2, 0.25) is 0 Å². The van der Waals surface area contributed by atoms with Crippen LogP contribution in [-0.2, 0) is 0 Å². The molecule has 10 aromatic rings. The van der Waals surface area contributed by atoms with Gasteiger partial charge in [0.25, 0.3) is 0 Å². The zero-order valence-corrected chi connectivity index (χ0v) is 33.1. The molecule has 2 atom stereocenters. The van der Waals surface area contributed by atoms with Crippen LogP contribution >= 0.6 is 11.3 Å². The molecule has 0 N–H and O–H groups in total. The molecule has 2 heterocycles. The summed E-state index contributed by atoms with van der Waals surface area (Å²) in [6.07, 6.45) is 7.97. The Morgan fingerprint density at radius 2 is 1.16 bits per heavy atom. The van der Waals surface area contributed by atoms with Gasteiger partial charge in [0.1, 0.15) is 0 Å². The number of thiophene rings is 1. The van der Waals surface area contributed by atoms with Crippen LogP contribution in [0.1, 0.15) is 42.9 Å². The molecule has 0 saturated carbocycles. The van der Waals surface area contributed by atoms with Crippen molar-refractivity contribution in [1.82, 2.24) is 4.57 Å². The van der Waals surface area contributed by atoms with E-state index in [-0.39, 0.29) is 5.92 Å². The second-order valence-corrected chi connectivity index (χ2v) is 16.4. The SMILES string of the molecule is C=CC(/C=C(/c1ccccc1)C(C)C/C=C(/C)c1ccccc1)c1ccc(-n2c3cc4ccccc4cc3c3cc4ccccc4cc32)c2sc3ccccc3c12. The van der Waals surface area contributed by atoms with Crippen LogP contribution in [0.5, 0.6) is 0 Å². The Kier molecular flexibility index (Phi) is 8.92. The molecular weight excluding hydrogens is 707 g/mol. The number of hydrogen-bond donors (Lipinski definition) is 0. The van der Waals surface area contributed by atoms with Gasteiger partial charge in [0.15, 0.2) is 0 Å². The Balaban J connectivity index is 1.19. The third-order valence-corrected chi connectivity index (χ3v) is 13.1. The largest absolute Gasteiger partial charge is 0.308 e. The van der Waals surface area contributed by atoms with Gasteiger partial charge in [0.2, 0.25) is 0 Å². The molecule has 0 aliphatic heterocycles. The van der Waals surface area contributed by atoms with Gasteiger partial charge >= 0.3 is 0 Å². The average molecular weight is 750 g/mol. The molecule has 0 aliphatic rings. The van der Waals surface area contributed by atoms with Crippen molar-refractivity contribution in [2.45, 2.75) is 26.2 Å². The highest BCUT2D eigenvalue weighted by molar-refractivity contribution is 7.26. The second kappa shape index (κ2) is 14.5. The minimum Gasteiger partial charge on any atom is -0.308 e. The molecule has 0 fully saturated rings. The third kappa shape index (κ3) is 6.18. The van der Waals surface area contributed by atoms with E-state index >= 15 is 0 Å². The molecular formula is C55H43NS. The Morgan fingerprint density at radius 1 is 0.614 bits per heavy atom. The molecule has 0 spiro atoms. The van der Waals surface area contributed by atoms with E-state index < -0.39 is 0 Å². The first-order valence-corrected chi connectivity index (χ1v) is 20.8. The molecule has 0 saturated heterocycles. The van der Waals surface area contributed by atoms with Crippen molar-refractivity contribution < 1.29 is 0 Å². The highest BCUT2D eigenvalue weighted by atomic mass is 32.1. The maximum Gasteiger partial charge on any atom is 0.0641 e. The number of benzene rings is 8. The van der Waals surface area contributed by atoms with Gasteiger partial charge in [-0.1, -0.05) is 159 Å². The van der Waals surface area contributed by atoms with Crippen molar-refractivity contribution in [3.05, 3.63) is 211 Å². The number of aromatic nitrogens is 1. The fourth-order valence-corrected chi connectivity index (χ4v) is 10.1. The summed E-state index contributed by atoms with van der Waals surface area (Å²) in [4.78, 5) is 0. The number of fused-ring (bicyclic) bond motifs is 8. The van der Waals surface area contributed by atoms with Gasteiger partial charge in [-0.3, -0.25) is 0 Å². The van der Waals surface area contributed by atoms with Gasteiger partial charge in [0, 0.05) is 32.2 Å². The van der Waals surface area contributed by atoms with Crippen LogP contribution in [-0.4, -0.2) is 4.57 Å². The van der Waals surface area contributed by atoms with Crippen molar-refractivity contribution in [3.8, 4) is 5.69 Å². The van der Waals surface area contributed by atoms with Gasteiger partial charge in [0.05, 0.1) is 21.4 Å². The van der Waals surface area contributed by atoms with Gasteiger partial charge in [-0.15, -0.1) is 17.9 Å². The molecule has 0 amide bonds. The minimum atomic E-state index is 0.00227. The molecule has 1 nitrogen and oxygen atoms in total. The molecule has 2 heteroatoms. The van der Waals surface area contributed by atoms with Gasteiger partial charge in [-0.05, 0) is 105 Å². The molecule has 0 radical (unpaired) electrons. The van der Waals surface area contributed by atoms with Crippen LogP contribution < -0.4 is 0 Å². The first-order chi connectivity index (χ1) is 28.1. The van der Waals surface area contributed by atoms with E-state index in [0.717, 1.165) is 6.42 Å². The van der Waals surface area contributed by atoms with Crippen molar-refractivity contribution in [2.24, 2.45) is 5.92 Å². The zero-order chi connectivity index (χ0) is 38.5. The number of rotatable bonds is 9. The maximum absolute atomic E-state index is 4.48. The summed E-state index contributed by atoms with van der Waals surface area (Å²) in [7, 11) is 0. The monoisotopic (exact) mass is 749 g/mol. The van der Waals surface area contributed by atoms with Crippen molar-refractivity contribution in [1.29, 1.82) is 0 Å². The van der Waals surface area contributed by atoms with Crippen LogP contribution in [0.3, 0.4) is 0 Å². The molecule has 2 aromatic heterocycles. The summed E-state index contributed by atoms with van der Waals surface area (Å²) in [6, 6.07) is 62.3. The highest BCUT2D eigenvalue weighted by Gasteiger charge is 2.23. The van der Waals surface area contributed by atoms with E-state index in [1.54, 1.807) is 0 Å². The summed E-state index contributed by atoms with van der Waals surface area (Å²) in [5, 5.41) is 10.2. The molecule has 57 heavy (non-hydrogen) atoms. The molecule has 0 aliphatic carbocycles. The topological polar surface area (TPSA) is 4.93 Å². The smallest absolute Gasteiger partial charge is 0.0641 e. The van der Waals surface area contributed by atoms with Crippen LogP contribution in [0.25, 0.3) is 80.4 Å². The fourth-order valence-electron chi connectivity index (χ4n) is 8.89. The van der Waals surface area contributed by atoms with Gasteiger partial charge in [-0.25, -0.2) is 0 Å². The van der Waals surface area contributed by atoms with Crippen LogP contribution in [0.15, 0.2) is 195 Å². The first-order valence-electron chi connectivity index (χ1n) is 20.0. The molecule has 274 valence electrons. The quantitative estimate of drug-likeness (QED) is 0.130. The Labute approximate surface area is 338 Å². The predicted molar refractivity (Wildman–Crippen MR) is 250 cm³/mol. The van der Waals surface area contributed by atoms with Crippen LogP contribution in [0, 0.1) is 5.92 Å². The molecule has 0 bridgehead atoms. The van der Waals surface area contributed by atoms with E-state index in [4.69, 9.17) is 0 Å². The predicted octanol–water partition coefficient (Wildman–Crippen LogP) is 15.9. The zero-order valence-electron chi connectivity index (χ0n) is 32.3. The summed E-state index contributed by atoms with van der Waals surface area (Å²) in [6.45, 7) is 9.07. The normalized spacial score (nSPS) is 13.6. The lowest BCUT2D eigenvalue weighted by Gasteiger charge is -2.20. The Bertz CT molecular complexity index is 3100. The number of allylic oxidation sites excluding steroid dienone is 5. The highest BCUT2D eigenvalue weighted by Crippen LogP contribution is 2.46. The van der Waals surface area contributed by atoms with E-state index in [0.29, 0.717) is 5.92 Å². The second-order valence-electron chi connectivity index (χ2n) is 15.4. The standard InChI is InChI=1S/C55H43NS/c1-4-38(31-47(40-19-9-6-10-20-40)37(3)28-27-36(2)39-17-7-5-8-18-39)45-29-30-50(55-54(45)46-25-15-16-26-53(46)57-55)56-51-34-43-23-13-11-21-41(43)32-48(51)49-33-42-22-12-14-24-44(42)35-52(49)56/h4-27,29-35,37-38H,1,28H2,2-3H3/b36-27-,47-31+. The third-order valence-electron chi connectivity index (χ3n) is 11.9. The van der Waals surface area contributed by atoms with E-state index in [9.17, 15) is 0 Å². The lowest BCUT2D eigenvalue weighted by Crippen LogP contribution is -2.03. The van der Waals surface area contributed by atoms with E-state index in [1.165, 1.54) is 97.0 Å². The van der Waals surface area contributed by atoms with Crippen molar-refractivity contribution >= 4 is 86.0 Å². The summed E-state index contributed by atoms with van der Waals surface area (Å²) < 4.78 is 5.12. The first kappa shape index (κ1) is 35.0. The molecule has 10 rings (SSSR count). The van der Waals surface area contributed by atoms with E-state index in [2.05, 4.69) is 213 Å². The van der Waals surface area contributed by atoms with Crippen LogP contribution in [0.4, 0.5) is 0 Å². The van der Waals surface area contributed by atoms with Gasteiger partial charge < -0.3 is 4.57 Å². The molecule has 2 unspecified atom stereocenters. The minimum absolute atomic E-state index is 0.00227. The van der Waals surface area contributed by atoms with Gasteiger partial charge in [-0.2, -0.15) is 0 Å². The number of nitrogens with zero attached hydrogens (tertiary/aromatic N) is 1.